The van der Waals surface area contributed by atoms with Gasteiger partial charge in [-0.1, -0.05) is 0 Å². The number of nitrogens with one attached hydrogen (secondary N) is 1. The van der Waals surface area contributed by atoms with Gasteiger partial charge in [-0.15, -0.1) is 35.0 Å². The number of hydrogen-bond donors (Lipinski definition) is 2. The van der Waals surface area contributed by atoms with Crippen molar-refractivity contribution >= 4 is 24.8 Å². The van der Waals surface area contributed by atoms with Crippen LogP contribution in [-0.4, -0.2) is 47.8 Å². The molecular weight excluding hydrogens is 439 g/mol. The smallest absolute Gasteiger partial charge is 0.233 e. The van der Waals surface area contributed by atoms with E-state index in [0.717, 1.165) is 17.5 Å². The molecule has 31 heavy (non-hydrogen) atoms. The van der Waals surface area contributed by atoms with E-state index in [1.807, 2.05) is 0 Å². The summed E-state index contributed by atoms with van der Waals surface area (Å²) in [6.07, 6.45) is 8.74. The summed E-state index contributed by atoms with van der Waals surface area (Å²) in [5.74, 6) is 0.367. The van der Waals surface area contributed by atoms with Crippen LogP contribution in [0.5, 0.6) is 11.6 Å². The first-order chi connectivity index (χ1) is 15.2. The van der Waals surface area contributed by atoms with Crippen LogP contribution in [0.25, 0.3) is 22.5 Å². The summed E-state index contributed by atoms with van der Waals surface area (Å²) in [6.45, 7) is -0.185. The van der Waals surface area contributed by atoms with Crippen LogP contribution in [-0.2, 0) is 6.98 Å². The molecular formula is C21H26Cl2N6O2. The van der Waals surface area contributed by atoms with E-state index >= 15 is 0 Å². The minimum Gasteiger partial charge on any atom is -0.506 e. The first-order valence-corrected chi connectivity index (χ1v) is 9.74. The molecule has 8 nitrogen and oxygen atoms in total. The van der Waals surface area contributed by atoms with Crippen molar-refractivity contribution in [1.29, 1.82) is 0 Å². The van der Waals surface area contributed by atoms with Gasteiger partial charge in [0, 0.05) is 58.7 Å². The predicted octanol–water partition coefficient (Wildman–Crippen LogP) is 3.54. The molecule has 1 aliphatic carbocycles. The fraction of sp³-hybridized carbons (Fsp3) is 0.429. The van der Waals surface area contributed by atoms with Crippen LogP contribution < -0.4 is 10.1 Å². The van der Waals surface area contributed by atoms with Gasteiger partial charge in [-0.25, -0.2) is 4.98 Å². The third-order valence-electron chi connectivity index (χ3n) is 5.59. The van der Waals surface area contributed by atoms with E-state index in [4.69, 9.17) is 8.85 Å². The van der Waals surface area contributed by atoms with E-state index in [-0.39, 0.29) is 47.9 Å². The molecule has 0 unspecified atom stereocenters. The van der Waals surface area contributed by atoms with E-state index in [0.29, 0.717) is 28.7 Å². The van der Waals surface area contributed by atoms with Gasteiger partial charge in [-0.05, 0) is 38.3 Å². The van der Waals surface area contributed by atoms with E-state index in [9.17, 15) is 5.11 Å². The van der Waals surface area contributed by atoms with Crippen molar-refractivity contribution in [3.63, 3.8) is 0 Å². The Hall–Kier alpha value is -2.42. The number of aromatic nitrogens is 5. The molecule has 1 saturated heterocycles. The maximum atomic E-state index is 10.5. The molecule has 0 aromatic carbocycles. The van der Waals surface area contributed by atoms with Gasteiger partial charge in [0.15, 0.2) is 0 Å². The molecule has 5 rings (SSSR count). The summed E-state index contributed by atoms with van der Waals surface area (Å²) in [6, 6.07) is 5.37. The summed E-state index contributed by atoms with van der Waals surface area (Å²) in [4.78, 5) is 4.30. The lowest BCUT2D eigenvalue weighted by atomic mass is 9.95. The molecule has 1 aliphatic heterocycles. The molecule has 2 fully saturated rings. The van der Waals surface area contributed by atoms with E-state index in [2.05, 4.69) is 32.5 Å². The quantitative estimate of drug-likeness (QED) is 0.605. The Morgan fingerprint density at radius 1 is 1.23 bits per heavy atom. The summed E-state index contributed by atoms with van der Waals surface area (Å²) < 4.78 is 29.2. The average molecular weight is 468 g/mol. The number of nitrogens with zero attached hydrogens (tertiary/aromatic N) is 5. The molecule has 3 aromatic rings. The van der Waals surface area contributed by atoms with Crippen molar-refractivity contribution in [1.82, 2.24) is 30.3 Å². The Balaban J connectivity index is 0.00000162. The van der Waals surface area contributed by atoms with Gasteiger partial charge in [0.2, 0.25) is 5.88 Å². The fourth-order valence-electron chi connectivity index (χ4n) is 4.10. The van der Waals surface area contributed by atoms with Crippen molar-refractivity contribution in [3.8, 4) is 34.1 Å². The highest BCUT2D eigenvalue weighted by atomic mass is 35.5. The lowest BCUT2D eigenvalue weighted by Crippen LogP contribution is -2.49. The van der Waals surface area contributed by atoms with Gasteiger partial charge in [-0.2, -0.15) is 5.10 Å². The molecule has 3 aromatic heterocycles. The molecule has 2 N–H and O–H groups in total. The topological polar surface area (TPSA) is 98.0 Å². The molecule has 166 valence electrons. The first-order valence-electron chi connectivity index (χ1n) is 11.2. The second kappa shape index (κ2) is 8.98. The molecule has 2 aliphatic rings. The number of aromatic hydroxyl groups is 1. The normalized spacial score (nSPS) is 22.9. The van der Waals surface area contributed by atoms with E-state index in [1.165, 1.54) is 37.5 Å². The third-order valence-corrected chi connectivity index (χ3v) is 5.59. The van der Waals surface area contributed by atoms with Crippen molar-refractivity contribution in [2.45, 2.75) is 50.3 Å². The molecule has 1 saturated carbocycles. The zero-order valence-corrected chi connectivity index (χ0v) is 18.5. The van der Waals surface area contributed by atoms with Crippen LogP contribution in [0.1, 0.15) is 36.7 Å². The van der Waals surface area contributed by atoms with Crippen LogP contribution in [0.15, 0.2) is 36.8 Å². The SMILES string of the molecule is Cl.Cl.[2H]C([2H])([2H])n1cc(-c2cnc(-c3ccc(O[C@@H]4C[C@@H](C)NC5(CC5)C4)nn3)c(O)c2)cn1. The third kappa shape index (κ3) is 4.92. The minimum atomic E-state index is -2.36. The van der Waals surface area contributed by atoms with Crippen LogP contribution in [0, 0.1) is 0 Å². The van der Waals surface area contributed by atoms with Crippen LogP contribution in [0.3, 0.4) is 0 Å². The molecule has 0 bridgehead atoms. The highest BCUT2D eigenvalue weighted by Crippen LogP contribution is 2.44. The summed E-state index contributed by atoms with van der Waals surface area (Å²) in [7, 11) is 0. The second-order valence-electron chi connectivity index (χ2n) is 8.03. The number of aryl methyl sites for hydroxylation is 1. The van der Waals surface area contributed by atoms with Gasteiger partial charge >= 0.3 is 0 Å². The van der Waals surface area contributed by atoms with Gasteiger partial charge < -0.3 is 15.2 Å². The molecule has 1 spiro atoms. The number of piperidine rings is 1. The predicted molar refractivity (Wildman–Crippen MR) is 122 cm³/mol. The van der Waals surface area contributed by atoms with Gasteiger partial charge in [-0.3, -0.25) is 4.68 Å². The van der Waals surface area contributed by atoms with Crippen LogP contribution in [0.2, 0.25) is 0 Å². The number of ether oxygens (including phenoxy) is 1. The molecule has 4 heterocycles. The zero-order chi connectivity index (χ0) is 22.5. The maximum Gasteiger partial charge on any atom is 0.233 e. The highest BCUT2D eigenvalue weighted by molar-refractivity contribution is 5.85. The fourth-order valence-corrected chi connectivity index (χ4v) is 4.10. The van der Waals surface area contributed by atoms with Crippen molar-refractivity contribution in [2.24, 2.45) is 6.98 Å². The van der Waals surface area contributed by atoms with Crippen LogP contribution >= 0.6 is 24.8 Å². The second-order valence-corrected chi connectivity index (χ2v) is 8.03. The first kappa shape index (κ1) is 19.3. The zero-order valence-electron chi connectivity index (χ0n) is 19.9. The Labute approximate surface area is 197 Å². The average Bonchev–Trinajstić information content (AvgIpc) is 3.25. The number of hydrogen-bond acceptors (Lipinski definition) is 7. The lowest BCUT2D eigenvalue weighted by molar-refractivity contribution is 0.106. The molecule has 0 radical (unpaired) electrons. The van der Waals surface area contributed by atoms with Crippen molar-refractivity contribution in [2.75, 3.05) is 0 Å². The van der Waals surface area contributed by atoms with Crippen molar-refractivity contribution in [3.05, 3.63) is 36.8 Å². The van der Waals surface area contributed by atoms with Crippen molar-refractivity contribution < 1.29 is 14.0 Å². The van der Waals surface area contributed by atoms with Gasteiger partial charge in [0.05, 0.1) is 6.20 Å². The standard InChI is InChI=1S/C21H24N6O2.2ClH/c1-13-7-16(9-21(24-13)5-6-21)29-19-4-3-17(25-26-19)20-18(28)8-14(10-22-20)15-11-23-27(2)12-15;;/h3-4,8,10-13,16,24,28H,5-7,9H2,1-2H3;2*1H/t13-,16-;;/m1../s1/i2D3;;. The van der Waals surface area contributed by atoms with Crippen LogP contribution in [0.4, 0.5) is 0 Å². The lowest BCUT2D eigenvalue weighted by Gasteiger charge is -2.34. The van der Waals surface area contributed by atoms with Gasteiger partial charge in [0.25, 0.3) is 0 Å². The Morgan fingerprint density at radius 2 is 2.06 bits per heavy atom. The Bertz CT molecular complexity index is 1140. The number of pyridine rings is 1. The Kier molecular flexibility index (Phi) is 5.59. The monoisotopic (exact) mass is 467 g/mol. The maximum absolute atomic E-state index is 10.5. The van der Waals surface area contributed by atoms with E-state index in [1.54, 1.807) is 12.1 Å². The van der Waals surface area contributed by atoms with Gasteiger partial charge in [0.1, 0.15) is 23.2 Å². The number of rotatable bonds is 4. The highest BCUT2D eigenvalue weighted by Gasteiger charge is 2.48. The molecule has 0 amide bonds. The molecule has 2 atom stereocenters. The molecule has 10 heteroatoms. The minimum absolute atomic E-state index is 0. The summed E-state index contributed by atoms with van der Waals surface area (Å²) in [5, 5.41) is 26.4. The summed E-state index contributed by atoms with van der Waals surface area (Å²) in [5.41, 5.74) is 2.02. The van der Waals surface area contributed by atoms with E-state index < -0.39 is 6.98 Å². The largest absolute Gasteiger partial charge is 0.506 e. The Morgan fingerprint density at radius 3 is 2.71 bits per heavy atom. The summed E-state index contributed by atoms with van der Waals surface area (Å²) >= 11 is 0. The number of halogens is 2.